The molecule has 1 aliphatic carbocycles. The number of hydrogen-bond donors (Lipinski definition) is 2. The number of rotatable bonds is 4. The second kappa shape index (κ2) is 4.98. The first-order valence-corrected chi connectivity index (χ1v) is 8.22. The first kappa shape index (κ1) is 12.6. The molecule has 4 rings (SSSR count). The Morgan fingerprint density at radius 3 is 3.10 bits per heavy atom. The number of nitrogens with zero attached hydrogens (tertiary/aromatic N) is 2. The maximum absolute atomic E-state index is 5.75. The zero-order chi connectivity index (χ0) is 13.5. The van der Waals surface area contributed by atoms with E-state index in [2.05, 4.69) is 33.4 Å². The predicted molar refractivity (Wildman–Crippen MR) is 83.9 cm³/mol. The number of nitrogens with two attached hydrogens (primary N) is 1. The Morgan fingerprint density at radius 2 is 2.25 bits per heavy atom. The van der Waals surface area contributed by atoms with Crippen LogP contribution in [0, 0.1) is 0 Å². The summed E-state index contributed by atoms with van der Waals surface area (Å²) in [5.74, 6) is 0. The monoisotopic (exact) mass is 288 g/mol. The standard InChI is InChI=1S/C15H20N4S/c16-15-18-13-4-1-10(7-14(13)20-15)8-17-11-5-6-19(9-11)12-2-3-12/h1,4,7,11-12,17H,2-3,5-6,8-9H2,(H2,16,18). The van der Waals surface area contributed by atoms with Crippen LogP contribution in [0.5, 0.6) is 0 Å². The molecule has 0 amide bonds. The number of nitrogens with one attached hydrogen (secondary N) is 1. The molecule has 1 saturated heterocycles. The van der Waals surface area contributed by atoms with Gasteiger partial charge in [0, 0.05) is 31.7 Å². The van der Waals surface area contributed by atoms with Crippen LogP contribution in [0.4, 0.5) is 5.13 Å². The van der Waals surface area contributed by atoms with Crippen LogP contribution in [0.2, 0.25) is 0 Å². The third-order valence-corrected chi connectivity index (χ3v) is 5.19. The maximum atomic E-state index is 5.75. The number of thiazole rings is 1. The van der Waals surface area contributed by atoms with Gasteiger partial charge in [0.2, 0.25) is 0 Å². The average Bonchev–Trinajstić information content (AvgIpc) is 3.06. The third kappa shape index (κ3) is 2.53. The molecule has 0 bridgehead atoms. The van der Waals surface area contributed by atoms with Crippen molar-refractivity contribution in [2.75, 3.05) is 18.8 Å². The lowest BCUT2D eigenvalue weighted by Crippen LogP contribution is -2.32. The number of hydrogen-bond acceptors (Lipinski definition) is 5. The summed E-state index contributed by atoms with van der Waals surface area (Å²) in [4.78, 5) is 6.94. The molecular weight excluding hydrogens is 268 g/mol. The van der Waals surface area contributed by atoms with E-state index in [0.717, 1.165) is 18.1 Å². The lowest BCUT2D eigenvalue weighted by atomic mass is 10.2. The van der Waals surface area contributed by atoms with Crippen molar-refractivity contribution in [3.63, 3.8) is 0 Å². The van der Waals surface area contributed by atoms with Gasteiger partial charge in [-0.3, -0.25) is 4.90 Å². The maximum Gasteiger partial charge on any atom is 0.181 e. The highest BCUT2D eigenvalue weighted by molar-refractivity contribution is 7.22. The summed E-state index contributed by atoms with van der Waals surface area (Å²) in [6.07, 6.45) is 4.11. The first-order valence-electron chi connectivity index (χ1n) is 7.40. The van der Waals surface area contributed by atoms with Gasteiger partial charge >= 0.3 is 0 Å². The van der Waals surface area contributed by atoms with E-state index in [1.165, 1.54) is 42.6 Å². The third-order valence-electron chi connectivity index (χ3n) is 4.35. The molecule has 0 radical (unpaired) electrons. The van der Waals surface area contributed by atoms with Crippen molar-refractivity contribution in [2.24, 2.45) is 0 Å². The van der Waals surface area contributed by atoms with Gasteiger partial charge in [0.1, 0.15) is 0 Å². The molecule has 2 aromatic rings. The smallest absolute Gasteiger partial charge is 0.181 e. The summed E-state index contributed by atoms with van der Waals surface area (Å²) in [6, 6.07) is 7.99. The fourth-order valence-corrected chi connectivity index (χ4v) is 3.88. The molecule has 5 heteroatoms. The van der Waals surface area contributed by atoms with Gasteiger partial charge in [-0.15, -0.1) is 0 Å². The van der Waals surface area contributed by atoms with Gasteiger partial charge in [0.25, 0.3) is 0 Å². The molecule has 1 unspecified atom stereocenters. The predicted octanol–water partition coefficient (Wildman–Crippen LogP) is 2.20. The van der Waals surface area contributed by atoms with Crippen LogP contribution in [-0.2, 0) is 6.54 Å². The number of aromatic nitrogens is 1. The minimum absolute atomic E-state index is 0.651. The van der Waals surface area contributed by atoms with E-state index in [1.54, 1.807) is 11.3 Å². The van der Waals surface area contributed by atoms with Gasteiger partial charge in [-0.2, -0.15) is 0 Å². The van der Waals surface area contributed by atoms with Crippen molar-refractivity contribution in [3.05, 3.63) is 23.8 Å². The molecule has 3 N–H and O–H groups in total. The Labute approximate surface area is 123 Å². The topological polar surface area (TPSA) is 54.2 Å². The Balaban J connectivity index is 1.38. The van der Waals surface area contributed by atoms with Gasteiger partial charge in [-0.05, 0) is 37.0 Å². The Kier molecular flexibility index (Phi) is 3.13. The molecule has 1 aromatic carbocycles. The summed E-state index contributed by atoms with van der Waals surface area (Å²) in [6.45, 7) is 3.43. The molecule has 106 valence electrons. The van der Waals surface area contributed by atoms with Crippen LogP contribution in [-0.4, -0.2) is 35.1 Å². The van der Waals surface area contributed by atoms with E-state index in [1.807, 2.05) is 0 Å². The SMILES string of the molecule is Nc1nc2ccc(CNC3CCN(C4CC4)C3)cc2s1. The van der Waals surface area contributed by atoms with Crippen molar-refractivity contribution in [1.82, 2.24) is 15.2 Å². The van der Waals surface area contributed by atoms with Crippen molar-refractivity contribution < 1.29 is 0 Å². The Bertz CT molecular complexity index is 619. The minimum atomic E-state index is 0.651. The van der Waals surface area contributed by atoms with E-state index in [4.69, 9.17) is 5.73 Å². The number of nitrogen functional groups attached to an aromatic ring is 1. The zero-order valence-electron chi connectivity index (χ0n) is 11.5. The van der Waals surface area contributed by atoms with E-state index >= 15 is 0 Å². The number of anilines is 1. The molecule has 20 heavy (non-hydrogen) atoms. The van der Waals surface area contributed by atoms with E-state index in [-0.39, 0.29) is 0 Å². The van der Waals surface area contributed by atoms with Crippen LogP contribution in [0.3, 0.4) is 0 Å². The summed E-state index contributed by atoms with van der Waals surface area (Å²) in [5.41, 5.74) is 8.09. The number of likely N-dealkylation sites (tertiary alicyclic amines) is 1. The Hall–Kier alpha value is -1.17. The molecule has 2 aliphatic rings. The van der Waals surface area contributed by atoms with Gasteiger partial charge in [0.15, 0.2) is 5.13 Å². The molecule has 1 aromatic heterocycles. The molecule has 1 aliphatic heterocycles. The van der Waals surface area contributed by atoms with Crippen LogP contribution in [0.25, 0.3) is 10.2 Å². The van der Waals surface area contributed by atoms with Crippen LogP contribution in [0.15, 0.2) is 18.2 Å². The lowest BCUT2D eigenvalue weighted by molar-refractivity contribution is 0.317. The van der Waals surface area contributed by atoms with Crippen molar-refractivity contribution in [2.45, 2.75) is 37.9 Å². The molecule has 2 fully saturated rings. The van der Waals surface area contributed by atoms with Crippen molar-refractivity contribution in [3.8, 4) is 0 Å². The summed E-state index contributed by atoms with van der Waals surface area (Å²) >= 11 is 1.57. The second-order valence-electron chi connectivity index (χ2n) is 5.95. The van der Waals surface area contributed by atoms with Gasteiger partial charge in [-0.1, -0.05) is 17.4 Å². The summed E-state index contributed by atoms with van der Waals surface area (Å²) in [5, 5.41) is 4.35. The molecule has 0 spiro atoms. The molecule has 2 heterocycles. The van der Waals surface area contributed by atoms with E-state index < -0.39 is 0 Å². The van der Waals surface area contributed by atoms with Crippen molar-refractivity contribution >= 4 is 26.7 Å². The van der Waals surface area contributed by atoms with Crippen LogP contribution >= 0.6 is 11.3 Å². The fourth-order valence-electron chi connectivity index (χ4n) is 3.08. The fraction of sp³-hybridized carbons (Fsp3) is 0.533. The molecular formula is C15H20N4S. The summed E-state index contributed by atoms with van der Waals surface area (Å²) in [7, 11) is 0. The highest BCUT2D eigenvalue weighted by atomic mass is 32.1. The quantitative estimate of drug-likeness (QED) is 0.905. The second-order valence-corrected chi connectivity index (χ2v) is 7.01. The lowest BCUT2D eigenvalue weighted by Gasteiger charge is -2.15. The minimum Gasteiger partial charge on any atom is -0.375 e. The first-order chi connectivity index (χ1) is 9.78. The molecule has 1 atom stereocenters. The average molecular weight is 288 g/mol. The van der Waals surface area contributed by atoms with Crippen molar-refractivity contribution in [1.29, 1.82) is 0 Å². The van der Waals surface area contributed by atoms with Gasteiger partial charge in [-0.25, -0.2) is 4.98 Å². The largest absolute Gasteiger partial charge is 0.375 e. The van der Waals surface area contributed by atoms with Crippen LogP contribution in [0.1, 0.15) is 24.8 Å². The normalized spacial score (nSPS) is 23.7. The zero-order valence-corrected chi connectivity index (χ0v) is 12.3. The highest BCUT2D eigenvalue weighted by Crippen LogP contribution is 2.30. The Morgan fingerprint density at radius 1 is 1.35 bits per heavy atom. The van der Waals surface area contributed by atoms with Gasteiger partial charge < -0.3 is 11.1 Å². The molecule has 1 saturated carbocycles. The van der Waals surface area contributed by atoms with Gasteiger partial charge in [0.05, 0.1) is 10.2 Å². The number of fused-ring (bicyclic) bond motifs is 1. The van der Waals surface area contributed by atoms with E-state index in [9.17, 15) is 0 Å². The summed E-state index contributed by atoms with van der Waals surface area (Å²) < 4.78 is 1.19. The van der Waals surface area contributed by atoms with E-state index in [0.29, 0.717) is 11.2 Å². The highest BCUT2D eigenvalue weighted by Gasteiger charge is 2.33. The number of benzene rings is 1. The molecule has 4 nitrogen and oxygen atoms in total. The van der Waals surface area contributed by atoms with Crippen LogP contribution < -0.4 is 11.1 Å².